The average molecular weight is 529 g/mol. The second kappa shape index (κ2) is 19.6. The van der Waals surface area contributed by atoms with Crippen molar-refractivity contribution in [1.29, 1.82) is 0 Å². The van der Waals surface area contributed by atoms with E-state index in [0.29, 0.717) is 42.0 Å². The molecule has 0 N–H and O–H groups in total. The summed E-state index contributed by atoms with van der Waals surface area (Å²) in [6.45, 7) is 24.6. The van der Waals surface area contributed by atoms with Gasteiger partial charge in [-0.25, -0.2) is 0 Å². The van der Waals surface area contributed by atoms with Crippen molar-refractivity contribution in [3.05, 3.63) is 59.2 Å². The highest BCUT2D eigenvalue weighted by Gasteiger charge is 2.17. The standard InChI is InChI=1S/C10H14.C9H16O.C8H16O.C8H14O/c1-8(2)10-6-4-5-9(3)7-10;1-7(2)9-6-8(3)4-5-10-9;2*1-7(2)8-5-3-4-6-9-8/h4-8H,1-3H3;4,7,9H,5-6H2,1-3H3;7-8H,3-6H2,1-2H3;3-4,7-8H,5-6H2,1-2H3. The number of aryl methyl sites for hydroxylation is 1. The zero-order valence-electron chi connectivity index (χ0n) is 26.5. The second-order valence-corrected chi connectivity index (χ2v) is 12.4. The van der Waals surface area contributed by atoms with Crippen LogP contribution in [0.2, 0.25) is 0 Å². The smallest absolute Gasteiger partial charge is 0.0654 e. The van der Waals surface area contributed by atoms with Crippen LogP contribution >= 0.6 is 0 Å². The van der Waals surface area contributed by atoms with Gasteiger partial charge >= 0.3 is 0 Å². The molecule has 218 valence electrons. The molecule has 3 nitrogen and oxygen atoms in total. The maximum absolute atomic E-state index is 5.54. The van der Waals surface area contributed by atoms with E-state index in [9.17, 15) is 0 Å². The van der Waals surface area contributed by atoms with E-state index >= 15 is 0 Å². The summed E-state index contributed by atoms with van der Waals surface area (Å²) in [7, 11) is 0. The normalized spacial score (nSPS) is 23.1. The third kappa shape index (κ3) is 15.2. The van der Waals surface area contributed by atoms with E-state index in [1.54, 1.807) is 0 Å². The molecule has 0 bridgehead atoms. The van der Waals surface area contributed by atoms with Gasteiger partial charge in [0.05, 0.1) is 31.5 Å². The lowest BCUT2D eigenvalue weighted by Crippen LogP contribution is -2.24. The molecule has 0 radical (unpaired) electrons. The van der Waals surface area contributed by atoms with Crippen molar-refractivity contribution in [2.75, 3.05) is 19.8 Å². The number of hydrogen-bond donors (Lipinski definition) is 0. The van der Waals surface area contributed by atoms with Gasteiger partial charge in [0.15, 0.2) is 0 Å². The third-order valence-corrected chi connectivity index (χ3v) is 7.36. The Morgan fingerprint density at radius 2 is 1.37 bits per heavy atom. The van der Waals surface area contributed by atoms with Crippen LogP contribution in [0.5, 0.6) is 0 Å². The molecule has 0 spiro atoms. The van der Waals surface area contributed by atoms with E-state index < -0.39 is 0 Å². The molecule has 4 rings (SSSR count). The van der Waals surface area contributed by atoms with Gasteiger partial charge in [0.25, 0.3) is 0 Å². The molecule has 3 aliphatic rings. The van der Waals surface area contributed by atoms with Crippen LogP contribution in [0.4, 0.5) is 0 Å². The van der Waals surface area contributed by atoms with Gasteiger partial charge in [0.2, 0.25) is 0 Å². The highest BCUT2D eigenvalue weighted by molar-refractivity contribution is 5.24. The Balaban J connectivity index is 0.000000254. The number of hydrogen-bond acceptors (Lipinski definition) is 3. The third-order valence-electron chi connectivity index (χ3n) is 7.36. The average Bonchev–Trinajstić information content (AvgIpc) is 2.91. The van der Waals surface area contributed by atoms with Crippen LogP contribution in [0.15, 0.2) is 48.1 Å². The van der Waals surface area contributed by atoms with Crippen LogP contribution in [-0.2, 0) is 14.2 Å². The molecule has 3 heteroatoms. The topological polar surface area (TPSA) is 27.7 Å². The van der Waals surface area contributed by atoms with Gasteiger partial charge in [-0.2, -0.15) is 0 Å². The van der Waals surface area contributed by atoms with Gasteiger partial charge in [-0.05, 0) is 75.2 Å². The van der Waals surface area contributed by atoms with Gasteiger partial charge in [-0.3, -0.25) is 0 Å². The first-order valence-corrected chi connectivity index (χ1v) is 15.2. The minimum atomic E-state index is 0.463. The summed E-state index contributed by atoms with van der Waals surface area (Å²) in [6.07, 6.45) is 14.1. The van der Waals surface area contributed by atoms with Gasteiger partial charge in [-0.1, -0.05) is 109 Å². The minimum absolute atomic E-state index is 0.463. The summed E-state index contributed by atoms with van der Waals surface area (Å²) in [6, 6.07) is 8.67. The number of rotatable bonds is 4. The molecule has 0 amide bonds. The summed E-state index contributed by atoms with van der Waals surface area (Å²) in [5.74, 6) is 2.68. The maximum Gasteiger partial charge on any atom is 0.0654 e. The largest absolute Gasteiger partial charge is 0.378 e. The molecule has 3 heterocycles. The second-order valence-electron chi connectivity index (χ2n) is 12.4. The first kappa shape index (κ1) is 34.6. The predicted molar refractivity (Wildman–Crippen MR) is 165 cm³/mol. The number of ether oxygens (including phenoxy) is 3. The molecular formula is C35H60O3. The molecule has 3 atom stereocenters. The summed E-state index contributed by atoms with van der Waals surface area (Å²) >= 11 is 0. The first-order chi connectivity index (χ1) is 18.0. The zero-order valence-corrected chi connectivity index (χ0v) is 26.5. The highest BCUT2D eigenvalue weighted by atomic mass is 16.5. The summed E-state index contributed by atoms with van der Waals surface area (Å²) in [5.41, 5.74) is 4.26. The Kier molecular flexibility index (Phi) is 17.9. The Bertz CT molecular complexity index is 784. The Hall–Kier alpha value is -1.42. The van der Waals surface area contributed by atoms with E-state index in [4.69, 9.17) is 14.2 Å². The maximum atomic E-state index is 5.54. The van der Waals surface area contributed by atoms with Gasteiger partial charge in [0, 0.05) is 6.61 Å². The molecule has 1 fully saturated rings. The fourth-order valence-electron chi connectivity index (χ4n) is 4.53. The summed E-state index contributed by atoms with van der Waals surface area (Å²) in [4.78, 5) is 0. The van der Waals surface area contributed by atoms with E-state index in [2.05, 4.69) is 112 Å². The fourth-order valence-corrected chi connectivity index (χ4v) is 4.53. The van der Waals surface area contributed by atoms with Crippen LogP contribution in [0.3, 0.4) is 0 Å². The molecule has 3 aliphatic heterocycles. The van der Waals surface area contributed by atoms with Crippen LogP contribution in [0.1, 0.15) is 111 Å². The molecular weight excluding hydrogens is 468 g/mol. The summed E-state index contributed by atoms with van der Waals surface area (Å²) in [5, 5.41) is 0. The van der Waals surface area contributed by atoms with Gasteiger partial charge in [0.1, 0.15) is 0 Å². The van der Waals surface area contributed by atoms with Gasteiger partial charge in [-0.15, -0.1) is 0 Å². The van der Waals surface area contributed by atoms with Crippen LogP contribution in [0.25, 0.3) is 0 Å². The molecule has 3 unspecified atom stereocenters. The number of benzene rings is 1. The highest BCUT2D eigenvalue weighted by Crippen LogP contribution is 2.20. The van der Waals surface area contributed by atoms with Crippen LogP contribution < -0.4 is 0 Å². The predicted octanol–water partition coefficient (Wildman–Crippen LogP) is 9.70. The Morgan fingerprint density at radius 3 is 1.74 bits per heavy atom. The molecule has 38 heavy (non-hydrogen) atoms. The van der Waals surface area contributed by atoms with Crippen molar-refractivity contribution in [1.82, 2.24) is 0 Å². The fraction of sp³-hybridized carbons (Fsp3) is 0.714. The van der Waals surface area contributed by atoms with E-state index in [1.807, 2.05) is 0 Å². The zero-order chi connectivity index (χ0) is 28.5. The van der Waals surface area contributed by atoms with E-state index in [0.717, 1.165) is 32.7 Å². The lowest BCUT2D eigenvalue weighted by atomic mass is 9.98. The molecule has 0 saturated carbocycles. The first-order valence-electron chi connectivity index (χ1n) is 15.2. The van der Waals surface area contributed by atoms with E-state index in [-0.39, 0.29) is 0 Å². The lowest BCUT2D eigenvalue weighted by molar-refractivity contribution is -0.0115. The molecule has 1 aromatic carbocycles. The van der Waals surface area contributed by atoms with Crippen molar-refractivity contribution < 1.29 is 14.2 Å². The van der Waals surface area contributed by atoms with Crippen LogP contribution in [0, 0.1) is 24.7 Å². The SMILES string of the molecule is CC(C)C1CC=CCO1.CC(C)C1CCCCO1.CC1=CCOC(C(C)C)C1.Cc1cccc(C(C)C)c1. The van der Waals surface area contributed by atoms with Crippen molar-refractivity contribution in [3.63, 3.8) is 0 Å². The van der Waals surface area contributed by atoms with Crippen molar-refractivity contribution in [2.45, 2.75) is 126 Å². The molecule has 0 aliphatic carbocycles. The Morgan fingerprint density at radius 1 is 0.711 bits per heavy atom. The summed E-state index contributed by atoms with van der Waals surface area (Å²) < 4.78 is 16.5. The molecule has 1 saturated heterocycles. The quantitative estimate of drug-likeness (QED) is 0.364. The van der Waals surface area contributed by atoms with Crippen molar-refractivity contribution in [3.8, 4) is 0 Å². The van der Waals surface area contributed by atoms with Crippen LogP contribution in [-0.4, -0.2) is 38.1 Å². The Labute approximate surface area is 236 Å². The van der Waals surface area contributed by atoms with Crippen molar-refractivity contribution >= 4 is 0 Å². The van der Waals surface area contributed by atoms with Crippen molar-refractivity contribution in [2.24, 2.45) is 17.8 Å². The molecule has 0 aromatic heterocycles. The minimum Gasteiger partial charge on any atom is -0.378 e. The monoisotopic (exact) mass is 528 g/mol. The molecule has 1 aromatic rings. The van der Waals surface area contributed by atoms with E-state index in [1.165, 1.54) is 36.0 Å². The lowest BCUT2D eigenvalue weighted by Gasteiger charge is -2.25. The van der Waals surface area contributed by atoms with Gasteiger partial charge < -0.3 is 14.2 Å².